The minimum atomic E-state index is 0.158. The first kappa shape index (κ1) is 24.7. The average molecular weight is 489 g/mol. The Morgan fingerprint density at radius 3 is 2.42 bits per heavy atom. The molecule has 2 aliphatic carbocycles. The summed E-state index contributed by atoms with van der Waals surface area (Å²) in [5, 5.41) is 0. The van der Waals surface area contributed by atoms with Gasteiger partial charge >= 0.3 is 0 Å². The van der Waals surface area contributed by atoms with Crippen LogP contribution in [0.3, 0.4) is 0 Å². The lowest BCUT2D eigenvalue weighted by molar-refractivity contribution is -0.132. The Morgan fingerprint density at radius 1 is 1.00 bits per heavy atom. The molecule has 3 aromatic rings. The molecule has 0 bridgehead atoms. The van der Waals surface area contributed by atoms with Gasteiger partial charge in [-0.25, -0.2) is 4.98 Å². The first-order valence-corrected chi connectivity index (χ1v) is 13.9. The van der Waals surface area contributed by atoms with Gasteiger partial charge in [0.2, 0.25) is 11.9 Å². The molecule has 0 saturated heterocycles. The number of imidazole rings is 1. The molecular formula is C30H40N4O2. The van der Waals surface area contributed by atoms with Crippen LogP contribution in [0.2, 0.25) is 0 Å². The van der Waals surface area contributed by atoms with Crippen LogP contribution in [0.15, 0.2) is 48.5 Å². The minimum Gasteiger partial charge on any atom is -0.457 e. The summed E-state index contributed by atoms with van der Waals surface area (Å²) in [4.78, 5) is 20.0. The van der Waals surface area contributed by atoms with E-state index in [1.54, 1.807) is 0 Å². The Kier molecular flexibility index (Phi) is 7.78. The van der Waals surface area contributed by atoms with Gasteiger partial charge in [-0.15, -0.1) is 0 Å². The minimum absolute atomic E-state index is 0.158. The molecule has 192 valence electrons. The van der Waals surface area contributed by atoms with E-state index in [0.29, 0.717) is 24.3 Å². The van der Waals surface area contributed by atoms with E-state index in [0.717, 1.165) is 41.8 Å². The molecule has 1 heterocycles. The number of nitrogens with two attached hydrogens (primary N) is 1. The van der Waals surface area contributed by atoms with Gasteiger partial charge in [-0.1, -0.05) is 56.7 Å². The van der Waals surface area contributed by atoms with Gasteiger partial charge in [0.25, 0.3) is 0 Å². The van der Waals surface area contributed by atoms with Crippen LogP contribution in [-0.2, 0) is 4.79 Å². The number of para-hydroxylation sites is 1. The van der Waals surface area contributed by atoms with Crippen molar-refractivity contribution in [1.29, 1.82) is 0 Å². The van der Waals surface area contributed by atoms with Crippen molar-refractivity contribution in [3.8, 4) is 11.5 Å². The van der Waals surface area contributed by atoms with Crippen LogP contribution in [0.1, 0.15) is 83.1 Å². The molecule has 36 heavy (non-hydrogen) atoms. The van der Waals surface area contributed by atoms with Crippen molar-refractivity contribution in [3.63, 3.8) is 0 Å². The summed E-state index contributed by atoms with van der Waals surface area (Å²) in [7, 11) is 2.00. The lowest BCUT2D eigenvalue weighted by Gasteiger charge is -2.34. The Hall–Kier alpha value is -3.02. The van der Waals surface area contributed by atoms with Gasteiger partial charge in [0, 0.05) is 31.6 Å². The Morgan fingerprint density at radius 2 is 1.69 bits per heavy atom. The second-order valence-corrected chi connectivity index (χ2v) is 10.7. The van der Waals surface area contributed by atoms with E-state index in [2.05, 4.69) is 10.6 Å². The molecule has 2 N–H and O–H groups in total. The third-order valence-electron chi connectivity index (χ3n) is 8.36. The molecule has 6 heteroatoms. The van der Waals surface area contributed by atoms with Gasteiger partial charge < -0.3 is 19.9 Å². The maximum Gasteiger partial charge on any atom is 0.222 e. The van der Waals surface area contributed by atoms with Crippen molar-refractivity contribution in [3.05, 3.63) is 48.5 Å². The number of hydrogen-bond donors (Lipinski definition) is 1. The van der Waals surface area contributed by atoms with E-state index in [9.17, 15) is 4.79 Å². The summed E-state index contributed by atoms with van der Waals surface area (Å²) < 4.78 is 8.34. The van der Waals surface area contributed by atoms with Crippen molar-refractivity contribution < 1.29 is 9.53 Å². The summed E-state index contributed by atoms with van der Waals surface area (Å²) in [6.45, 7) is 0. The van der Waals surface area contributed by atoms with E-state index in [1.807, 2.05) is 54.4 Å². The molecule has 1 unspecified atom stereocenters. The fourth-order valence-electron chi connectivity index (χ4n) is 6.34. The monoisotopic (exact) mass is 488 g/mol. The first-order valence-electron chi connectivity index (χ1n) is 13.9. The van der Waals surface area contributed by atoms with E-state index < -0.39 is 0 Å². The predicted octanol–water partition coefficient (Wildman–Crippen LogP) is 7.10. The number of aromatic nitrogens is 2. The molecule has 0 radical (unpaired) electrons. The largest absolute Gasteiger partial charge is 0.457 e. The highest BCUT2D eigenvalue weighted by molar-refractivity contribution is 5.80. The first-order chi connectivity index (χ1) is 17.6. The maximum atomic E-state index is 13.3. The van der Waals surface area contributed by atoms with E-state index in [1.165, 1.54) is 51.4 Å². The number of anilines is 1. The average Bonchev–Trinajstić information content (AvgIpc) is 3.25. The summed E-state index contributed by atoms with van der Waals surface area (Å²) in [5.41, 5.74) is 8.43. The van der Waals surface area contributed by atoms with Crippen molar-refractivity contribution >= 4 is 22.9 Å². The number of nitrogens with zero attached hydrogens (tertiary/aromatic N) is 3. The highest BCUT2D eigenvalue weighted by Gasteiger charge is 2.30. The Bertz CT molecular complexity index is 1150. The van der Waals surface area contributed by atoms with Crippen LogP contribution in [0, 0.1) is 5.92 Å². The number of rotatable bonds is 8. The van der Waals surface area contributed by atoms with Gasteiger partial charge in [0.15, 0.2) is 0 Å². The molecule has 2 fully saturated rings. The Balaban J connectivity index is 1.40. The smallest absolute Gasteiger partial charge is 0.222 e. The number of benzene rings is 2. The number of carbonyl (C=O) groups is 1. The topological polar surface area (TPSA) is 73.4 Å². The molecule has 1 aromatic heterocycles. The SMILES string of the molecule is CN(C(=O)CCC(C1CCCCC1)n1c(N)nc2ccc(Oc3ccccc3)cc21)C1CCCCC1. The lowest BCUT2D eigenvalue weighted by atomic mass is 9.82. The summed E-state index contributed by atoms with van der Waals surface area (Å²) in [5.74, 6) is 2.87. The molecular weight excluding hydrogens is 448 g/mol. The van der Waals surface area contributed by atoms with Crippen LogP contribution in [0.5, 0.6) is 11.5 Å². The third kappa shape index (κ3) is 5.53. The van der Waals surface area contributed by atoms with E-state index >= 15 is 0 Å². The second kappa shape index (κ2) is 11.4. The summed E-state index contributed by atoms with van der Waals surface area (Å²) in [6, 6.07) is 16.4. The van der Waals surface area contributed by atoms with Crippen molar-refractivity contribution in [2.75, 3.05) is 12.8 Å². The van der Waals surface area contributed by atoms with Crippen molar-refractivity contribution in [1.82, 2.24) is 14.5 Å². The predicted molar refractivity (Wildman–Crippen MR) is 145 cm³/mol. The van der Waals surface area contributed by atoms with Crippen LogP contribution in [-0.4, -0.2) is 33.4 Å². The fraction of sp³-hybridized carbons (Fsp3) is 0.533. The van der Waals surface area contributed by atoms with Gasteiger partial charge in [-0.05, 0) is 62.3 Å². The highest BCUT2D eigenvalue weighted by Crippen LogP contribution is 2.40. The van der Waals surface area contributed by atoms with Crippen molar-refractivity contribution in [2.24, 2.45) is 5.92 Å². The number of fused-ring (bicyclic) bond motifs is 1. The van der Waals surface area contributed by atoms with Crippen LogP contribution in [0.4, 0.5) is 5.95 Å². The second-order valence-electron chi connectivity index (χ2n) is 10.7. The zero-order chi connectivity index (χ0) is 24.9. The number of amides is 1. The van der Waals surface area contributed by atoms with Crippen molar-refractivity contribution in [2.45, 2.75) is 89.1 Å². The van der Waals surface area contributed by atoms with Crippen LogP contribution in [0.25, 0.3) is 11.0 Å². The highest BCUT2D eigenvalue weighted by atomic mass is 16.5. The maximum absolute atomic E-state index is 13.3. The number of hydrogen-bond acceptors (Lipinski definition) is 4. The van der Waals surface area contributed by atoms with Gasteiger partial charge in [-0.3, -0.25) is 4.79 Å². The molecule has 1 atom stereocenters. The molecule has 5 rings (SSSR count). The number of nitrogen functional groups attached to an aromatic ring is 1. The number of ether oxygens (including phenoxy) is 1. The molecule has 2 aliphatic rings. The van der Waals surface area contributed by atoms with Crippen LogP contribution >= 0.6 is 0 Å². The molecule has 6 nitrogen and oxygen atoms in total. The van der Waals surface area contributed by atoms with Gasteiger partial charge in [0.05, 0.1) is 11.0 Å². The standard InChI is InChI=1S/C30H40N4O2/c1-33(23-13-7-3-8-14-23)29(35)20-19-27(22-11-5-2-6-12-22)34-28-21-25(17-18-26(28)32-30(34)31)36-24-15-9-4-10-16-24/h4,9-10,15-18,21-23,27H,2-3,5-8,11-14,19-20H2,1H3,(H2,31,32). The van der Waals surface area contributed by atoms with Gasteiger partial charge in [0.1, 0.15) is 11.5 Å². The third-order valence-corrected chi connectivity index (χ3v) is 8.36. The summed E-state index contributed by atoms with van der Waals surface area (Å²) in [6.07, 6.45) is 13.5. The molecule has 1 amide bonds. The molecule has 0 spiro atoms. The summed E-state index contributed by atoms with van der Waals surface area (Å²) >= 11 is 0. The van der Waals surface area contributed by atoms with Gasteiger partial charge in [-0.2, -0.15) is 0 Å². The lowest BCUT2D eigenvalue weighted by Crippen LogP contribution is -2.38. The zero-order valence-corrected chi connectivity index (χ0v) is 21.6. The number of carbonyl (C=O) groups excluding carboxylic acids is 1. The fourth-order valence-corrected chi connectivity index (χ4v) is 6.34. The Labute approximate surface area is 214 Å². The molecule has 2 saturated carbocycles. The zero-order valence-electron chi connectivity index (χ0n) is 21.6. The molecule has 0 aliphatic heterocycles. The normalized spacial score (nSPS) is 18.2. The quantitative estimate of drug-likeness (QED) is 0.367. The van der Waals surface area contributed by atoms with E-state index in [4.69, 9.17) is 15.5 Å². The van der Waals surface area contributed by atoms with E-state index in [-0.39, 0.29) is 11.9 Å². The molecule has 2 aromatic carbocycles. The van der Waals surface area contributed by atoms with Crippen LogP contribution < -0.4 is 10.5 Å².